The third-order valence-electron chi connectivity index (χ3n) is 4.58. The van der Waals surface area contributed by atoms with E-state index in [0.717, 1.165) is 16.9 Å². The zero-order valence-electron chi connectivity index (χ0n) is 15.2. The van der Waals surface area contributed by atoms with Crippen LogP contribution in [0.5, 0.6) is 0 Å². The normalized spacial score (nSPS) is 14.6. The number of carbonyl (C=O) groups is 1. The minimum absolute atomic E-state index is 0.0800. The van der Waals surface area contributed by atoms with E-state index in [1.165, 1.54) is 17.8 Å². The largest absolute Gasteiger partial charge is 0.377 e. The van der Waals surface area contributed by atoms with Crippen LogP contribution < -0.4 is 10.6 Å². The molecule has 1 atom stereocenters. The van der Waals surface area contributed by atoms with Crippen molar-refractivity contribution in [3.8, 4) is 0 Å². The van der Waals surface area contributed by atoms with Crippen LogP contribution in [-0.4, -0.2) is 15.9 Å². The van der Waals surface area contributed by atoms with Gasteiger partial charge < -0.3 is 10.6 Å². The van der Waals surface area contributed by atoms with E-state index in [9.17, 15) is 4.79 Å². The van der Waals surface area contributed by atoms with Gasteiger partial charge in [-0.05, 0) is 37.5 Å². The van der Waals surface area contributed by atoms with Crippen LogP contribution in [0.4, 0.5) is 5.69 Å². The van der Waals surface area contributed by atoms with Gasteiger partial charge in [-0.2, -0.15) is 0 Å². The van der Waals surface area contributed by atoms with Crippen molar-refractivity contribution in [1.82, 2.24) is 15.3 Å². The standard InChI is InChI=1S/C21H22N4OS/c1-14(19-13-27-21(25-19)16-7-8-16)24-17-9-10-22-18(11-17)20(26)23-12-15-5-3-2-4-6-15/h2-6,9-11,13-14,16H,7-8,12H2,1H3,(H,22,24)(H,23,26)/t14-/m0/s1. The van der Waals surface area contributed by atoms with Crippen LogP contribution in [0.25, 0.3) is 0 Å². The van der Waals surface area contributed by atoms with Crippen molar-refractivity contribution in [2.75, 3.05) is 5.32 Å². The predicted molar refractivity (Wildman–Crippen MR) is 108 cm³/mol. The number of hydrogen-bond acceptors (Lipinski definition) is 5. The molecule has 5 nitrogen and oxygen atoms in total. The molecule has 0 bridgehead atoms. The van der Waals surface area contributed by atoms with Crippen molar-refractivity contribution >= 4 is 22.9 Å². The van der Waals surface area contributed by atoms with Gasteiger partial charge >= 0.3 is 0 Å². The van der Waals surface area contributed by atoms with Gasteiger partial charge in [-0.15, -0.1) is 11.3 Å². The molecule has 1 aromatic carbocycles. The molecule has 2 aromatic heterocycles. The third kappa shape index (κ3) is 4.52. The number of amides is 1. The zero-order valence-corrected chi connectivity index (χ0v) is 16.0. The predicted octanol–water partition coefficient (Wildman–Crippen LogP) is 4.52. The summed E-state index contributed by atoms with van der Waals surface area (Å²) < 4.78 is 0. The van der Waals surface area contributed by atoms with Crippen molar-refractivity contribution in [3.63, 3.8) is 0 Å². The average Bonchev–Trinajstić information content (AvgIpc) is 3.43. The van der Waals surface area contributed by atoms with Gasteiger partial charge in [-0.25, -0.2) is 4.98 Å². The second-order valence-electron chi connectivity index (χ2n) is 6.85. The first-order valence-electron chi connectivity index (χ1n) is 9.19. The van der Waals surface area contributed by atoms with Crippen molar-refractivity contribution in [2.24, 2.45) is 0 Å². The zero-order chi connectivity index (χ0) is 18.6. The number of hydrogen-bond donors (Lipinski definition) is 2. The number of aromatic nitrogens is 2. The van der Waals surface area contributed by atoms with Crippen LogP contribution in [-0.2, 0) is 6.54 Å². The Morgan fingerprint density at radius 2 is 2.07 bits per heavy atom. The van der Waals surface area contributed by atoms with Crippen molar-refractivity contribution in [1.29, 1.82) is 0 Å². The Morgan fingerprint density at radius 1 is 1.26 bits per heavy atom. The van der Waals surface area contributed by atoms with Gasteiger partial charge in [0.2, 0.25) is 0 Å². The lowest BCUT2D eigenvalue weighted by molar-refractivity contribution is 0.0946. The number of thiazole rings is 1. The Hall–Kier alpha value is -2.73. The maximum atomic E-state index is 12.4. The quantitative estimate of drug-likeness (QED) is 0.634. The molecule has 0 aliphatic heterocycles. The maximum Gasteiger partial charge on any atom is 0.270 e. The number of rotatable bonds is 7. The van der Waals surface area contributed by atoms with Crippen LogP contribution >= 0.6 is 11.3 Å². The Labute approximate surface area is 162 Å². The number of nitrogens with one attached hydrogen (secondary N) is 2. The topological polar surface area (TPSA) is 66.9 Å². The summed E-state index contributed by atoms with van der Waals surface area (Å²) in [7, 11) is 0. The molecule has 1 aliphatic carbocycles. The van der Waals surface area contributed by atoms with E-state index in [-0.39, 0.29) is 11.9 Å². The van der Waals surface area contributed by atoms with Gasteiger partial charge in [0.05, 0.1) is 16.7 Å². The first-order chi connectivity index (χ1) is 13.2. The average molecular weight is 379 g/mol. The molecule has 1 aliphatic rings. The van der Waals surface area contributed by atoms with Gasteiger partial charge in [0.15, 0.2) is 0 Å². The highest BCUT2D eigenvalue weighted by Gasteiger charge is 2.27. The molecule has 2 heterocycles. The van der Waals surface area contributed by atoms with Gasteiger partial charge in [0.25, 0.3) is 5.91 Å². The molecule has 6 heteroatoms. The third-order valence-corrected chi connectivity index (χ3v) is 5.61. The molecule has 2 N–H and O–H groups in total. The molecule has 4 rings (SSSR count). The highest BCUT2D eigenvalue weighted by molar-refractivity contribution is 7.09. The Bertz CT molecular complexity index is 921. The van der Waals surface area contributed by atoms with Gasteiger partial charge in [0, 0.05) is 29.7 Å². The van der Waals surface area contributed by atoms with Crippen LogP contribution in [0.15, 0.2) is 54.0 Å². The van der Waals surface area contributed by atoms with Crippen molar-refractivity contribution in [2.45, 2.75) is 38.3 Å². The summed E-state index contributed by atoms with van der Waals surface area (Å²) in [5.74, 6) is 0.497. The van der Waals surface area contributed by atoms with Gasteiger partial charge in [-0.1, -0.05) is 30.3 Å². The number of nitrogens with zero attached hydrogens (tertiary/aromatic N) is 2. The lowest BCUT2D eigenvalue weighted by Crippen LogP contribution is -2.23. The summed E-state index contributed by atoms with van der Waals surface area (Å²) >= 11 is 1.74. The van der Waals surface area contributed by atoms with Gasteiger partial charge in [-0.3, -0.25) is 9.78 Å². The molecule has 0 unspecified atom stereocenters. The molecule has 3 aromatic rings. The minimum atomic E-state index is -0.181. The fraction of sp³-hybridized carbons (Fsp3) is 0.286. The first-order valence-corrected chi connectivity index (χ1v) is 10.1. The minimum Gasteiger partial charge on any atom is -0.377 e. The summed E-state index contributed by atoms with van der Waals surface area (Å²) in [4.78, 5) is 21.4. The molecular formula is C21H22N4OS. The summed E-state index contributed by atoms with van der Waals surface area (Å²) in [5.41, 5.74) is 3.38. The van der Waals surface area contributed by atoms with Crippen LogP contribution in [0, 0.1) is 0 Å². The van der Waals surface area contributed by atoms with E-state index in [0.29, 0.717) is 18.2 Å². The Morgan fingerprint density at radius 3 is 2.85 bits per heavy atom. The monoisotopic (exact) mass is 378 g/mol. The lowest BCUT2D eigenvalue weighted by Gasteiger charge is -2.14. The number of carbonyl (C=O) groups excluding carboxylic acids is 1. The van der Waals surface area contributed by atoms with E-state index in [2.05, 4.69) is 27.9 Å². The molecule has 138 valence electrons. The van der Waals surface area contributed by atoms with Gasteiger partial charge in [0.1, 0.15) is 5.69 Å². The Kier molecular flexibility index (Phi) is 5.16. The molecule has 27 heavy (non-hydrogen) atoms. The van der Waals surface area contributed by atoms with Crippen LogP contribution in [0.2, 0.25) is 0 Å². The summed E-state index contributed by atoms with van der Waals surface area (Å²) in [5, 5.41) is 9.70. The molecular weight excluding hydrogens is 356 g/mol. The molecule has 0 spiro atoms. The van der Waals surface area contributed by atoms with Crippen molar-refractivity contribution in [3.05, 3.63) is 76.0 Å². The molecule has 1 amide bonds. The second-order valence-corrected chi connectivity index (χ2v) is 7.74. The fourth-order valence-corrected chi connectivity index (χ4v) is 3.94. The smallest absolute Gasteiger partial charge is 0.270 e. The number of pyridine rings is 1. The van der Waals surface area contributed by atoms with E-state index < -0.39 is 0 Å². The van der Waals surface area contributed by atoms with E-state index >= 15 is 0 Å². The van der Waals surface area contributed by atoms with Crippen molar-refractivity contribution < 1.29 is 4.79 Å². The van der Waals surface area contributed by atoms with E-state index in [4.69, 9.17) is 4.98 Å². The second kappa shape index (κ2) is 7.88. The molecule has 0 radical (unpaired) electrons. The van der Waals surface area contributed by atoms with Crippen LogP contribution in [0.1, 0.15) is 58.5 Å². The Balaban J connectivity index is 1.38. The van der Waals surface area contributed by atoms with E-state index in [1.54, 1.807) is 23.6 Å². The van der Waals surface area contributed by atoms with Crippen LogP contribution in [0.3, 0.4) is 0 Å². The number of anilines is 1. The highest BCUT2D eigenvalue weighted by Crippen LogP contribution is 2.42. The summed E-state index contributed by atoms with van der Waals surface area (Å²) in [6.07, 6.45) is 4.18. The molecule has 0 saturated heterocycles. The first kappa shape index (κ1) is 17.7. The molecule has 1 fully saturated rings. The lowest BCUT2D eigenvalue weighted by atomic mass is 10.2. The van der Waals surface area contributed by atoms with E-state index in [1.807, 2.05) is 36.4 Å². The maximum absolute atomic E-state index is 12.4. The summed E-state index contributed by atoms with van der Waals surface area (Å²) in [6, 6.07) is 13.6. The summed E-state index contributed by atoms with van der Waals surface area (Å²) in [6.45, 7) is 2.57. The fourth-order valence-electron chi connectivity index (χ4n) is 2.85. The molecule has 1 saturated carbocycles. The highest BCUT2D eigenvalue weighted by atomic mass is 32.1. The SMILES string of the molecule is C[C@H](Nc1ccnc(C(=O)NCc2ccccc2)c1)c1csc(C2CC2)n1. The number of benzene rings is 1.